The molecule has 3 heteroatoms. The maximum atomic E-state index is 11.1. The fraction of sp³-hybridized carbons (Fsp3) is 0.450. The molecule has 0 radical (unpaired) electrons. The third-order valence-electron chi connectivity index (χ3n) is 5.01. The van der Waals surface area contributed by atoms with Crippen LogP contribution in [0.5, 0.6) is 5.75 Å². The second-order valence-corrected chi connectivity index (χ2v) is 6.81. The lowest BCUT2D eigenvalue weighted by molar-refractivity contribution is -0.118. The van der Waals surface area contributed by atoms with Crippen LogP contribution in [0.25, 0.3) is 10.8 Å². The van der Waals surface area contributed by atoms with Crippen LogP contribution in [0.4, 0.5) is 0 Å². The van der Waals surface area contributed by atoms with Gasteiger partial charge in [0.1, 0.15) is 5.75 Å². The van der Waals surface area contributed by atoms with E-state index < -0.39 is 0 Å². The standard InChI is InChI=1S/C20H23NO2/c1-13(22)21-12-11-14-5-9-18-19(23-16-7-8-16)10-6-15-3-2-4-17(14)20(15)18/h2-4,6,10,14,16H,5,7-9,11-12H2,1H3,(H,21,22). The van der Waals surface area contributed by atoms with E-state index >= 15 is 0 Å². The van der Waals surface area contributed by atoms with Gasteiger partial charge in [0.25, 0.3) is 0 Å². The number of hydrogen-bond acceptors (Lipinski definition) is 2. The van der Waals surface area contributed by atoms with E-state index in [1.165, 1.54) is 34.7 Å². The van der Waals surface area contributed by atoms with E-state index in [0.717, 1.165) is 31.6 Å². The second-order valence-electron chi connectivity index (χ2n) is 6.81. The number of carbonyl (C=O) groups is 1. The number of ether oxygens (including phenoxy) is 1. The number of hydrogen-bond donors (Lipinski definition) is 1. The van der Waals surface area contributed by atoms with E-state index in [0.29, 0.717) is 12.0 Å². The summed E-state index contributed by atoms with van der Waals surface area (Å²) < 4.78 is 6.14. The number of carbonyl (C=O) groups excluding carboxylic acids is 1. The van der Waals surface area contributed by atoms with Crippen LogP contribution in [0.1, 0.15) is 49.7 Å². The van der Waals surface area contributed by atoms with Crippen LogP contribution in [-0.4, -0.2) is 18.6 Å². The summed E-state index contributed by atoms with van der Waals surface area (Å²) in [6, 6.07) is 10.9. The highest BCUT2D eigenvalue weighted by atomic mass is 16.5. The van der Waals surface area contributed by atoms with Crippen molar-refractivity contribution in [1.82, 2.24) is 5.32 Å². The van der Waals surface area contributed by atoms with Gasteiger partial charge in [-0.1, -0.05) is 24.3 Å². The zero-order chi connectivity index (χ0) is 15.8. The molecule has 1 atom stereocenters. The Kier molecular flexibility index (Phi) is 3.72. The summed E-state index contributed by atoms with van der Waals surface area (Å²) in [6.07, 6.45) is 6.04. The van der Waals surface area contributed by atoms with Crippen molar-refractivity contribution in [3.63, 3.8) is 0 Å². The molecule has 2 aliphatic rings. The summed E-state index contributed by atoms with van der Waals surface area (Å²) in [5.74, 6) is 1.67. The molecule has 0 spiro atoms. The van der Waals surface area contributed by atoms with E-state index in [1.54, 1.807) is 6.92 Å². The average Bonchev–Trinajstić information content (AvgIpc) is 3.35. The van der Waals surface area contributed by atoms with Crippen molar-refractivity contribution in [2.24, 2.45) is 0 Å². The Morgan fingerprint density at radius 3 is 2.87 bits per heavy atom. The summed E-state index contributed by atoms with van der Waals surface area (Å²) in [7, 11) is 0. The third-order valence-corrected chi connectivity index (χ3v) is 5.01. The van der Waals surface area contributed by atoms with Gasteiger partial charge < -0.3 is 10.1 Å². The smallest absolute Gasteiger partial charge is 0.216 e. The Hall–Kier alpha value is -2.03. The van der Waals surface area contributed by atoms with Gasteiger partial charge in [-0.2, -0.15) is 0 Å². The molecule has 2 aliphatic carbocycles. The van der Waals surface area contributed by atoms with Crippen LogP contribution in [0.3, 0.4) is 0 Å². The molecule has 0 bridgehead atoms. The van der Waals surface area contributed by atoms with Crippen LogP contribution in [-0.2, 0) is 11.2 Å². The highest BCUT2D eigenvalue weighted by molar-refractivity contribution is 5.92. The van der Waals surface area contributed by atoms with E-state index in [4.69, 9.17) is 4.74 Å². The van der Waals surface area contributed by atoms with Gasteiger partial charge in [0.2, 0.25) is 5.91 Å². The third kappa shape index (κ3) is 2.92. The first-order valence-electron chi connectivity index (χ1n) is 8.68. The molecule has 4 rings (SSSR count). The van der Waals surface area contributed by atoms with Gasteiger partial charge in [0.15, 0.2) is 0 Å². The number of nitrogens with one attached hydrogen (secondary N) is 1. The zero-order valence-corrected chi connectivity index (χ0v) is 13.6. The summed E-state index contributed by atoms with van der Waals surface area (Å²) in [5.41, 5.74) is 2.82. The second kappa shape index (κ2) is 5.88. The van der Waals surface area contributed by atoms with Crippen LogP contribution < -0.4 is 10.1 Å². The lowest BCUT2D eigenvalue weighted by Crippen LogP contribution is -2.23. The molecule has 3 nitrogen and oxygen atoms in total. The maximum absolute atomic E-state index is 11.1. The summed E-state index contributed by atoms with van der Waals surface area (Å²) in [4.78, 5) is 11.1. The van der Waals surface area contributed by atoms with Gasteiger partial charge in [-0.15, -0.1) is 0 Å². The van der Waals surface area contributed by atoms with Gasteiger partial charge in [-0.25, -0.2) is 0 Å². The Balaban J connectivity index is 1.67. The van der Waals surface area contributed by atoms with Crippen LogP contribution in [0, 0.1) is 0 Å². The number of rotatable bonds is 5. The number of benzene rings is 2. The minimum atomic E-state index is 0.0551. The summed E-state index contributed by atoms with van der Waals surface area (Å²) in [6.45, 7) is 2.34. The van der Waals surface area contributed by atoms with Crippen LogP contribution in [0.15, 0.2) is 30.3 Å². The monoisotopic (exact) mass is 309 g/mol. The predicted molar refractivity (Wildman–Crippen MR) is 92.0 cm³/mol. The Bertz CT molecular complexity index is 749. The van der Waals surface area contributed by atoms with Crippen molar-refractivity contribution in [1.29, 1.82) is 0 Å². The predicted octanol–water partition coefficient (Wildman–Crippen LogP) is 3.94. The van der Waals surface area contributed by atoms with E-state index in [2.05, 4.69) is 35.6 Å². The molecular formula is C20H23NO2. The summed E-state index contributed by atoms with van der Waals surface area (Å²) in [5, 5.41) is 5.63. The molecule has 0 aliphatic heterocycles. The Morgan fingerprint density at radius 1 is 1.22 bits per heavy atom. The number of aryl methyl sites for hydroxylation is 1. The normalized spacial score (nSPS) is 19.6. The Labute approximate surface area is 137 Å². The van der Waals surface area contributed by atoms with E-state index in [9.17, 15) is 4.79 Å². The quantitative estimate of drug-likeness (QED) is 0.908. The molecule has 23 heavy (non-hydrogen) atoms. The molecule has 1 unspecified atom stereocenters. The minimum absolute atomic E-state index is 0.0551. The molecule has 1 fully saturated rings. The van der Waals surface area contributed by atoms with Gasteiger partial charge in [-0.05, 0) is 60.4 Å². The summed E-state index contributed by atoms with van der Waals surface area (Å²) >= 11 is 0. The highest BCUT2D eigenvalue weighted by Gasteiger charge is 2.28. The first kappa shape index (κ1) is 14.6. The van der Waals surface area contributed by atoms with E-state index in [1.807, 2.05) is 0 Å². The first-order chi connectivity index (χ1) is 11.2. The molecular weight excluding hydrogens is 286 g/mol. The van der Waals surface area contributed by atoms with Crippen LogP contribution in [0.2, 0.25) is 0 Å². The van der Waals surface area contributed by atoms with Crippen molar-refractivity contribution >= 4 is 16.7 Å². The molecule has 2 aromatic rings. The molecule has 1 N–H and O–H groups in total. The fourth-order valence-electron chi connectivity index (χ4n) is 3.73. The molecule has 1 saturated carbocycles. The average molecular weight is 309 g/mol. The highest BCUT2D eigenvalue weighted by Crippen LogP contribution is 2.43. The fourth-order valence-corrected chi connectivity index (χ4v) is 3.73. The first-order valence-corrected chi connectivity index (χ1v) is 8.68. The van der Waals surface area contributed by atoms with Gasteiger partial charge in [-0.3, -0.25) is 4.79 Å². The minimum Gasteiger partial charge on any atom is -0.490 e. The number of amides is 1. The lowest BCUT2D eigenvalue weighted by atomic mass is 9.79. The van der Waals surface area contributed by atoms with Gasteiger partial charge in [0.05, 0.1) is 6.10 Å². The molecule has 1 amide bonds. The Morgan fingerprint density at radius 2 is 2.09 bits per heavy atom. The van der Waals surface area contributed by atoms with Gasteiger partial charge >= 0.3 is 0 Å². The molecule has 2 aromatic carbocycles. The SMILES string of the molecule is CC(=O)NCCC1CCc2c(OC3CC3)ccc3cccc1c23. The molecule has 0 saturated heterocycles. The maximum Gasteiger partial charge on any atom is 0.216 e. The van der Waals surface area contributed by atoms with Crippen LogP contribution >= 0.6 is 0 Å². The lowest BCUT2D eigenvalue weighted by Gasteiger charge is -2.27. The van der Waals surface area contributed by atoms with Crippen molar-refractivity contribution in [2.45, 2.75) is 51.0 Å². The molecule has 0 aromatic heterocycles. The van der Waals surface area contributed by atoms with E-state index in [-0.39, 0.29) is 5.91 Å². The molecule has 120 valence electrons. The zero-order valence-electron chi connectivity index (χ0n) is 13.6. The van der Waals surface area contributed by atoms with Crippen molar-refractivity contribution in [3.05, 3.63) is 41.5 Å². The molecule has 0 heterocycles. The topological polar surface area (TPSA) is 38.3 Å². The largest absolute Gasteiger partial charge is 0.490 e. The van der Waals surface area contributed by atoms with Gasteiger partial charge in [0, 0.05) is 19.0 Å². The van der Waals surface area contributed by atoms with Crippen molar-refractivity contribution in [3.8, 4) is 5.75 Å². The van der Waals surface area contributed by atoms with Crippen molar-refractivity contribution in [2.75, 3.05) is 6.54 Å². The van der Waals surface area contributed by atoms with Crippen molar-refractivity contribution < 1.29 is 9.53 Å².